The van der Waals surface area contributed by atoms with Crippen molar-refractivity contribution in [3.63, 3.8) is 0 Å². The van der Waals surface area contributed by atoms with E-state index in [0.29, 0.717) is 11.5 Å². The Morgan fingerprint density at radius 2 is 1.96 bits per heavy atom. The maximum atomic E-state index is 12.0. The Labute approximate surface area is 140 Å². The van der Waals surface area contributed by atoms with Crippen LogP contribution in [0.3, 0.4) is 0 Å². The molecule has 1 aliphatic heterocycles. The van der Waals surface area contributed by atoms with Crippen molar-refractivity contribution < 1.29 is 9.53 Å². The van der Waals surface area contributed by atoms with Crippen molar-refractivity contribution in [3.05, 3.63) is 11.6 Å². The zero-order valence-corrected chi connectivity index (χ0v) is 14.9. The molecule has 0 spiro atoms. The molecule has 0 radical (unpaired) electrons. The normalized spacial score (nSPS) is 49.3. The molecule has 3 aliphatic carbocycles. The van der Waals surface area contributed by atoms with Crippen molar-refractivity contribution in [2.75, 3.05) is 13.7 Å². The van der Waals surface area contributed by atoms with E-state index in [4.69, 9.17) is 4.74 Å². The van der Waals surface area contributed by atoms with Gasteiger partial charge in [0.2, 0.25) is 5.91 Å². The van der Waals surface area contributed by atoms with Gasteiger partial charge in [0.25, 0.3) is 0 Å². The smallest absolute Gasteiger partial charge is 0.243 e. The van der Waals surface area contributed by atoms with Gasteiger partial charge in [0, 0.05) is 19.7 Å². The zero-order chi connectivity index (χ0) is 16.2. The van der Waals surface area contributed by atoms with E-state index < -0.39 is 0 Å². The molecule has 4 aliphatic rings. The maximum absolute atomic E-state index is 12.0. The second-order valence-electron chi connectivity index (χ2n) is 8.89. The molecule has 6 atom stereocenters. The van der Waals surface area contributed by atoms with Gasteiger partial charge in [0.1, 0.15) is 0 Å². The minimum atomic E-state index is 0.128. The summed E-state index contributed by atoms with van der Waals surface area (Å²) >= 11 is 0. The van der Waals surface area contributed by atoms with Gasteiger partial charge in [-0.2, -0.15) is 0 Å². The van der Waals surface area contributed by atoms with E-state index in [1.54, 1.807) is 0 Å². The lowest BCUT2D eigenvalue weighted by Gasteiger charge is -2.57. The quantitative estimate of drug-likeness (QED) is 0.801. The monoisotopic (exact) mass is 317 g/mol. The zero-order valence-electron chi connectivity index (χ0n) is 14.9. The number of carbonyl (C=O) groups is 1. The molecule has 3 fully saturated rings. The van der Waals surface area contributed by atoms with Crippen LogP contribution in [0, 0.1) is 28.6 Å². The van der Waals surface area contributed by atoms with Gasteiger partial charge < -0.3 is 10.1 Å². The van der Waals surface area contributed by atoms with Crippen LogP contribution in [0.25, 0.3) is 0 Å². The van der Waals surface area contributed by atoms with Gasteiger partial charge in [-0.05, 0) is 73.5 Å². The van der Waals surface area contributed by atoms with E-state index in [0.717, 1.165) is 37.1 Å². The number of fused-ring (bicyclic) bond motifs is 5. The van der Waals surface area contributed by atoms with E-state index in [-0.39, 0.29) is 11.3 Å². The number of methoxy groups -OCH3 is 1. The van der Waals surface area contributed by atoms with Crippen LogP contribution in [0.2, 0.25) is 0 Å². The van der Waals surface area contributed by atoms with Crippen molar-refractivity contribution >= 4 is 5.91 Å². The lowest BCUT2D eigenvalue weighted by atomic mass is 9.48. The highest BCUT2D eigenvalue weighted by atomic mass is 16.5. The molecule has 2 unspecified atom stereocenters. The minimum absolute atomic E-state index is 0.128. The number of hydrogen-bond donors (Lipinski definition) is 1. The van der Waals surface area contributed by atoms with E-state index in [1.165, 1.54) is 37.7 Å². The molecule has 0 aromatic heterocycles. The fraction of sp³-hybridized carbons (Fsp3) is 0.850. The highest BCUT2D eigenvalue weighted by Crippen LogP contribution is 2.64. The Hall–Kier alpha value is -0.830. The first-order valence-electron chi connectivity index (χ1n) is 9.51. The summed E-state index contributed by atoms with van der Waals surface area (Å²) in [5, 5.41) is 3.06. The van der Waals surface area contributed by atoms with Crippen LogP contribution in [-0.2, 0) is 9.53 Å². The molecule has 0 saturated heterocycles. The van der Waals surface area contributed by atoms with Gasteiger partial charge in [-0.1, -0.05) is 19.4 Å². The second kappa shape index (κ2) is 5.34. The van der Waals surface area contributed by atoms with E-state index in [9.17, 15) is 4.79 Å². The molecule has 128 valence electrons. The van der Waals surface area contributed by atoms with Crippen LogP contribution in [0.15, 0.2) is 11.6 Å². The van der Waals surface area contributed by atoms with Gasteiger partial charge >= 0.3 is 0 Å². The van der Waals surface area contributed by atoms with Crippen LogP contribution in [-0.4, -0.2) is 25.7 Å². The van der Waals surface area contributed by atoms with E-state index in [1.807, 2.05) is 13.2 Å². The average molecular weight is 317 g/mol. The predicted molar refractivity (Wildman–Crippen MR) is 90.9 cm³/mol. The van der Waals surface area contributed by atoms with Gasteiger partial charge in [-0.25, -0.2) is 0 Å². The van der Waals surface area contributed by atoms with Crippen molar-refractivity contribution in [1.82, 2.24) is 5.32 Å². The largest absolute Gasteiger partial charge is 0.381 e. The van der Waals surface area contributed by atoms with Crippen molar-refractivity contribution in [3.8, 4) is 0 Å². The average Bonchev–Trinajstić information content (AvgIpc) is 2.78. The number of rotatable bonds is 1. The molecule has 1 heterocycles. The molecular weight excluding hydrogens is 286 g/mol. The van der Waals surface area contributed by atoms with Crippen molar-refractivity contribution in [2.24, 2.45) is 28.6 Å². The summed E-state index contributed by atoms with van der Waals surface area (Å²) in [7, 11) is 1.90. The molecule has 0 aromatic rings. The summed E-state index contributed by atoms with van der Waals surface area (Å²) in [5.41, 5.74) is 2.04. The predicted octanol–water partition coefficient (Wildman–Crippen LogP) is 3.69. The molecule has 1 N–H and O–H groups in total. The van der Waals surface area contributed by atoms with E-state index in [2.05, 4.69) is 19.2 Å². The van der Waals surface area contributed by atoms with Crippen LogP contribution in [0.4, 0.5) is 0 Å². The fourth-order valence-corrected chi connectivity index (χ4v) is 6.90. The summed E-state index contributed by atoms with van der Waals surface area (Å²) < 4.78 is 5.86. The van der Waals surface area contributed by atoms with Crippen LogP contribution in [0.1, 0.15) is 58.8 Å². The number of carbonyl (C=O) groups excluding carboxylic acids is 1. The Bertz CT molecular complexity index is 542. The number of hydrogen-bond acceptors (Lipinski definition) is 2. The van der Waals surface area contributed by atoms with E-state index >= 15 is 0 Å². The number of amides is 1. The first-order chi connectivity index (χ1) is 11.0. The fourth-order valence-electron chi connectivity index (χ4n) is 6.90. The van der Waals surface area contributed by atoms with Gasteiger partial charge in [-0.15, -0.1) is 0 Å². The molecule has 3 nitrogen and oxygen atoms in total. The third-order valence-electron chi connectivity index (χ3n) is 8.18. The van der Waals surface area contributed by atoms with Gasteiger partial charge in [0.05, 0.1) is 6.10 Å². The maximum Gasteiger partial charge on any atom is 0.243 e. The Balaban J connectivity index is 1.67. The highest BCUT2D eigenvalue weighted by Gasteiger charge is 2.58. The Kier molecular flexibility index (Phi) is 3.64. The van der Waals surface area contributed by atoms with Crippen LogP contribution in [0.5, 0.6) is 0 Å². The number of ether oxygens (including phenoxy) is 1. The Morgan fingerprint density at radius 1 is 1.13 bits per heavy atom. The highest BCUT2D eigenvalue weighted by molar-refractivity contribution is 5.88. The molecule has 3 saturated carbocycles. The van der Waals surface area contributed by atoms with Crippen LogP contribution >= 0.6 is 0 Å². The summed E-state index contributed by atoms with van der Waals surface area (Å²) in [6.07, 6.45) is 11.1. The first kappa shape index (κ1) is 15.7. The lowest BCUT2D eigenvalue weighted by molar-refractivity contribution is -0.116. The molecule has 3 heteroatoms. The third-order valence-corrected chi connectivity index (χ3v) is 8.18. The molecule has 23 heavy (non-hydrogen) atoms. The van der Waals surface area contributed by atoms with Gasteiger partial charge in [-0.3, -0.25) is 4.79 Å². The Morgan fingerprint density at radius 3 is 2.74 bits per heavy atom. The number of allylic oxidation sites excluding steroid dienone is 1. The topological polar surface area (TPSA) is 38.3 Å². The summed E-state index contributed by atoms with van der Waals surface area (Å²) in [4.78, 5) is 12.0. The minimum Gasteiger partial charge on any atom is -0.381 e. The van der Waals surface area contributed by atoms with Crippen molar-refractivity contribution in [1.29, 1.82) is 0 Å². The molecule has 4 rings (SSSR count). The third kappa shape index (κ3) is 2.15. The summed E-state index contributed by atoms with van der Waals surface area (Å²) in [6, 6.07) is 0. The summed E-state index contributed by atoms with van der Waals surface area (Å²) in [6.45, 7) is 5.77. The van der Waals surface area contributed by atoms with Crippen molar-refractivity contribution in [2.45, 2.75) is 64.9 Å². The first-order valence-corrected chi connectivity index (χ1v) is 9.51. The summed E-state index contributed by atoms with van der Waals surface area (Å²) in [5.74, 6) is 2.52. The van der Waals surface area contributed by atoms with Crippen LogP contribution < -0.4 is 5.32 Å². The SMILES string of the molecule is COC1CC[C@H]2[C@@H]3CCC4=CC(=O)NCC[C@]4(C)[C@H]3CCC12C. The molecular formula is C20H31NO2. The standard InChI is InChI=1S/C20H31NO2/c1-19-10-11-21-18(22)12-13(19)4-5-14-15-6-7-17(23-3)20(15,2)9-8-16(14)19/h12,14-17H,4-11H2,1-3H3,(H,21,22)/t14-,15-,16-,17?,19-,20?/m0/s1. The van der Waals surface area contributed by atoms with Gasteiger partial charge in [0.15, 0.2) is 0 Å². The second-order valence-corrected chi connectivity index (χ2v) is 8.89. The molecule has 1 amide bonds. The number of nitrogens with one attached hydrogen (secondary N) is 1. The lowest BCUT2D eigenvalue weighted by Crippen LogP contribution is -2.50. The molecule has 0 aromatic carbocycles. The molecule has 0 bridgehead atoms.